The molecular weight excluding hydrogens is 663 g/mol. The van der Waals surface area contributed by atoms with Gasteiger partial charge in [0.2, 0.25) is 0 Å². The SMILES string of the molecule is CCCCCCC1(C)C2=C(CCC=C2)C2=CC=C(N(C)C3=CC=C(C4=CC(c5c6ccccc6c(-c6cccc(C)c6)c6ccccc56)=CCC4)CC3)CC21. The standard InChI is InChI=1S/C54H57N/c1-5-6-7-14-33-54(3)50-26-13-12-21-44(50)45-32-31-43(36-51(45)54)55(4)42-29-27-38(28-30-42)39-18-16-20-41(35-39)53-48-24-10-8-22-46(48)52(40-19-15-17-37(2)34-40)47-23-9-11-25-49(47)53/h8-11,13,15,17,19-20,22-27,29,31-32,34-35,51H,5-7,12,14,16,18,21,28,30,33,36H2,1-4H3. The lowest BCUT2D eigenvalue weighted by Gasteiger charge is -2.39. The van der Waals surface area contributed by atoms with E-state index < -0.39 is 0 Å². The quantitative estimate of drug-likeness (QED) is 0.116. The average Bonchev–Trinajstić information content (AvgIpc) is 3.48. The number of hydrogen-bond acceptors (Lipinski definition) is 1. The van der Waals surface area contributed by atoms with Gasteiger partial charge in [-0.3, -0.25) is 0 Å². The Labute approximate surface area is 329 Å². The van der Waals surface area contributed by atoms with Gasteiger partial charge in [0, 0.05) is 18.4 Å². The summed E-state index contributed by atoms with van der Waals surface area (Å²) in [5, 5.41) is 5.34. The van der Waals surface area contributed by atoms with Crippen molar-refractivity contribution < 1.29 is 0 Å². The number of allylic oxidation sites excluding steroid dienone is 16. The lowest BCUT2D eigenvalue weighted by molar-refractivity contribution is 0.251. The highest BCUT2D eigenvalue weighted by atomic mass is 15.1. The van der Waals surface area contributed by atoms with Crippen molar-refractivity contribution in [1.29, 1.82) is 0 Å². The minimum atomic E-state index is 0.246. The van der Waals surface area contributed by atoms with Crippen molar-refractivity contribution in [3.8, 4) is 11.1 Å². The lowest BCUT2D eigenvalue weighted by atomic mass is 9.68. The molecule has 0 aromatic heterocycles. The second kappa shape index (κ2) is 15.0. The summed E-state index contributed by atoms with van der Waals surface area (Å²) in [5.41, 5.74) is 17.8. The van der Waals surface area contributed by atoms with E-state index >= 15 is 0 Å². The Hall–Kier alpha value is -4.88. The molecule has 2 atom stereocenters. The third-order valence-electron chi connectivity index (χ3n) is 13.7. The molecule has 0 amide bonds. The zero-order valence-corrected chi connectivity index (χ0v) is 33.6. The van der Waals surface area contributed by atoms with E-state index in [1.165, 1.54) is 117 Å². The van der Waals surface area contributed by atoms with Crippen molar-refractivity contribution in [2.24, 2.45) is 11.3 Å². The number of aryl methyl sites for hydroxylation is 1. The summed E-state index contributed by atoms with van der Waals surface area (Å²) in [7, 11) is 2.33. The van der Waals surface area contributed by atoms with Gasteiger partial charge in [-0.05, 0) is 153 Å². The molecule has 0 N–H and O–H groups in total. The molecule has 5 aliphatic rings. The van der Waals surface area contributed by atoms with Crippen LogP contribution in [0.5, 0.6) is 0 Å². The molecule has 4 aromatic carbocycles. The molecule has 1 heteroatoms. The highest BCUT2D eigenvalue weighted by Gasteiger charge is 2.47. The summed E-state index contributed by atoms with van der Waals surface area (Å²) in [6.07, 6.45) is 34.4. The molecular formula is C54H57N. The van der Waals surface area contributed by atoms with Gasteiger partial charge in [-0.25, -0.2) is 0 Å². The molecule has 0 fully saturated rings. The van der Waals surface area contributed by atoms with Crippen LogP contribution in [0.4, 0.5) is 0 Å². The fourth-order valence-corrected chi connectivity index (χ4v) is 10.8. The van der Waals surface area contributed by atoms with Crippen LogP contribution in [-0.4, -0.2) is 11.9 Å². The summed E-state index contributed by atoms with van der Waals surface area (Å²) in [5.74, 6) is 0.593. The van der Waals surface area contributed by atoms with Crippen molar-refractivity contribution in [2.45, 2.75) is 97.8 Å². The average molecular weight is 720 g/mol. The van der Waals surface area contributed by atoms with Crippen molar-refractivity contribution in [1.82, 2.24) is 4.90 Å². The minimum absolute atomic E-state index is 0.246. The predicted molar refractivity (Wildman–Crippen MR) is 237 cm³/mol. The number of benzene rings is 4. The number of unbranched alkanes of at least 4 members (excludes halogenated alkanes) is 3. The fourth-order valence-electron chi connectivity index (χ4n) is 10.8. The molecule has 0 heterocycles. The smallest absolute Gasteiger partial charge is 0.0180 e. The topological polar surface area (TPSA) is 3.24 Å². The Bertz CT molecular complexity index is 2370. The second-order valence-corrected chi connectivity index (χ2v) is 17.1. The van der Waals surface area contributed by atoms with Crippen molar-refractivity contribution in [2.75, 3.05) is 7.05 Å². The van der Waals surface area contributed by atoms with Gasteiger partial charge in [0.1, 0.15) is 0 Å². The van der Waals surface area contributed by atoms with Crippen LogP contribution in [-0.2, 0) is 0 Å². The van der Waals surface area contributed by atoms with Crippen LogP contribution >= 0.6 is 0 Å². The molecule has 278 valence electrons. The Morgan fingerprint density at radius 1 is 0.709 bits per heavy atom. The van der Waals surface area contributed by atoms with Crippen LogP contribution in [0.3, 0.4) is 0 Å². The zero-order valence-electron chi connectivity index (χ0n) is 33.6. The molecule has 1 nitrogen and oxygen atoms in total. The molecule has 0 bridgehead atoms. The minimum Gasteiger partial charge on any atom is -0.352 e. The third-order valence-corrected chi connectivity index (χ3v) is 13.7. The van der Waals surface area contributed by atoms with Crippen LogP contribution < -0.4 is 0 Å². The van der Waals surface area contributed by atoms with E-state index in [1.807, 2.05) is 0 Å². The molecule has 0 saturated carbocycles. The van der Waals surface area contributed by atoms with Crippen molar-refractivity contribution >= 4 is 27.1 Å². The van der Waals surface area contributed by atoms with Crippen molar-refractivity contribution in [3.05, 3.63) is 172 Å². The van der Waals surface area contributed by atoms with Crippen LogP contribution in [0.15, 0.2) is 161 Å². The molecule has 4 aromatic rings. The van der Waals surface area contributed by atoms with Gasteiger partial charge in [0.15, 0.2) is 0 Å². The lowest BCUT2D eigenvalue weighted by Crippen LogP contribution is -2.30. The second-order valence-electron chi connectivity index (χ2n) is 17.1. The van der Waals surface area contributed by atoms with Gasteiger partial charge >= 0.3 is 0 Å². The molecule has 5 aliphatic carbocycles. The first-order chi connectivity index (χ1) is 26.9. The van der Waals surface area contributed by atoms with E-state index in [9.17, 15) is 0 Å². The van der Waals surface area contributed by atoms with Crippen LogP contribution in [0.25, 0.3) is 38.2 Å². The maximum atomic E-state index is 2.60. The van der Waals surface area contributed by atoms with Gasteiger partial charge in [-0.2, -0.15) is 0 Å². The predicted octanol–water partition coefficient (Wildman–Crippen LogP) is 15.1. The fraction of sp³-hybridized carbons (Fsp3) is 0.333. The Morgan fingerprint density at radius 3 is 2.16 bits per heavy atom. The number of fused-ring (bicyclic) bond motifs is 4. The van der Waals surface area contributed by atoms with E-state index in [4.69, 9.17) is 0 Å². The Morgan fingerprint density at radius 2 is 1.45 bits per heavy atom. The summed E-state index contributed by atoms with van der Waals surface area (Å²) >= 11 is 0. The Balaban J connectivity index is 1.00. The molecule has 0 aliphatic heterocycles. The normalized spacial score (nSPS) is 22.1. The Kier molecular flexibility index (Phi) is 9.75. The van der Waals surface area contributed by atoms with Crippen LogP contribution in [0.1, 0.15) is 102 Å². The van der Waals surface area contributed by atoms with Gasteiger partial charge in [0.25, 0.3) is 0 Å². The van der Waals surface area contributed by atoms with E-state index in [0.717, 1.165) is 32.1 Å². The van der Waals surface area contributed by atoms with E-state index in [2.05, 4.69) is 154 Å². The molecule has 9 rings (SSSR count). The first-order valence-electron chi connectivity index (χ1n) is 21.3. The van der Waals surface area contributed by atoms with Gasteiger partial charge in [-0.1, -0.05) is 154 Å². The molecule has 0 radical (unpaired) electrons. The third kappa shape index (κ3) is 6.44. The van der Waals surface area contributed by atoms with Gasteiger partial charge in [-0.15, -0.1) is 0 Å². The largest absolute Gasteiger partial charge is 0.352 e. The monoisotopic (exact) mass is 719 g/mol. The van der Waals surface area contributed by atoms with E-state index in [1.54, 1.807) is 16.7 Å². The molecule has 2 unspecified atom stereocenters. The van der Waals surface area contributed by atoms with Crippen molar-refractivity contribution in [3.63, 3.8) is 0 Å². The maximum absolute atomic E-state index is 2.60. The van der Waals surface area contributed by atoms with Gasteiger partial charge in [0.05, 0.1) is 0 Å². The summed E-state index contributed by atoms with van der Waals surface area (Å²) < 4.78 is 0. The van der Waals surface area contributed by atoms with Crippen LogP contribution in [0, 0.1) is 18.3 Å². The summed E-state index contributed by atoms with van der Waals surface area (Å²) in [6, 6.07) is 27.1. The number of nitrogens with zero attached hydrogens (tertiary/aromatic N) is 1. The highest BCUT2D eigenvalue weighted by molar-refractivity contribution is 6.19. The van der Waals surface area contributed by atoms with Crippen LogP contribution in [0.2, 0.25) is 0 Å². The summed E-state index contributed by atoms with van der Waals surface area (Å²) in [4.78, 5) is 2.54. The first kappa shape index (κ1) is 35.8. The maximum Gasteiger partial charge on any atom is 0.0180 e. The number of hydrogen-bond donors (Lipinski definition) is 0. The number of rotatable bonds is 10. The van der Waals surface area contributed by atoms with Gasteiger partial charge < -0.3 is 4.90 Å². The highest BCUT2D eigenvalue weighted by Crippen LogP contribution is 2.59. The molecule has 55 heavy (non-hydrogen) atoms. The summed E-state index contributed by atoms with van der Waals surface area (Å²) in [6.45, 7) is 7.11. The molecule has 0 saturated heterocycles. The first-order valence-corrected chi connectivity index (χ1v) is 21.3. The zero-order chi connectivity index (χ0) is 37.5. The van der Waals surface area contributed by atoms with E-state index in [-0.39, 0.29) is 5.41 Å². The van der Waals surface area contributed by atoms with E-state index in [0.29, 0.717) is 5.92 Å². The molecule has 0 spiro atoms.